The molecule has 1 aromatic heterocycles. The van der Waals surface area contributed by atoms with E-state index in [0.29, 0.717) is 43.2 Å². The van der Waals surface area contributed by atoms with Crippen LogP contribution in [0.4, 0.5) is 10.1 Å². The van der Waals surface area contributed by atoms with Crippen molar-refractivity contribution in [2.75, 3.05) is 24.6 Å². The van der Waals surface area contributed by atoms with E-state index in [2.05, 4.69) is 4.98 Å². The van der Waals surface area contributed by atoms with E-state index in [1.54, 1.807) is 16.3 Å². The molecule has 2 N–H and O–H groups in total. The van der Waals surface area contributed by atoms with Gasteiger partial charge in [0.05, 0.1) is 17.2 Å². The van der Waals surface area contributed by atoms with Crippen molar-refractivity contribution in [3.63, 3.8) is 0 Å². The maximum absolute atomic E-state index is 13.2. The summed E-state index contributed by atoms with van der Waals surface area (Å²) >= 11 is 1.42. The number of halogens is 2. The van der Waals surface area contributed by atoms with Crippen LogP contribution in [0.1, 0.15) is 15.5 Å². The molecule has 1 aliphatic rings. The molecule has 0 fully saturated rings. The van der Waals surface area contributed by atoms with Crippen LogP contribution < -0.4 is 15.4 Å². The number of carbonyl (C=O) groups excluding carboxylic acids is 1. The van der Waals surface area contributed by atoms with Crippen molar-refractivity contribution in [3.05, 3.63) is 40.1 Å². The van der Waals surface area contributed by atoms with Crippen molar-refractivity contribution in [2.45, 2.75) is 6.42 Å². The maximum Gasteiger partial charge on any atom is 0.277 e. The molecule has 2 heterocycles. The van der Waals surface area contributed by atoms with Crippen LogP contribution in [0.5, 0.6) is 5.75 Å². The highest BCUT2D eigenvalue weighted by atomic mass is 35.5. The summed E-state index contributed by atoms with van der Waals surface area (Å²) in [4.78, 5) is 18.4. The number of hydrogen-bond donors (Lipinski definition) is 1. The number of ether oxygens (including phenoxy) is 1. The van der Waals surface area contributed by atoms with Crippen LogP contribution in [0.15, 0.2) is 23.6 Å². The molecule has 0 unspecified atom stereocenters. The average Bonchev–Trinajstić information content (AvgIpc) is 2.94. The molecule has 0 aliphatic carbocycles. The van der Waals surface area contributed by atoms with Crippen molar-refractivity contribution in [1.82, 2.24) is 4.98 Å². The first-order valence-corrected chi connectivity index (χ1v) is 7.45. The van der Waals surface area contributed by atoms with E-state index in [1.165, 1.54) is 23.5 Å². The Balaban J connectivity index is 0.00000176. The quantitative estimate of drug-likeness (QED) is 0.928. The summed E-state index contributed by atoms with van der Waals surface area (Å²) in [5, 5.41) is 2.57. The summed E-state index contributed by atoms with van der Waals surface area (Å²) in [5.41, 5.74) is 6.45. The lowest BCUT2D eigenvalue weighted by atomic mass is 10.2. The SMILES string of the molecule is Cl.NCCc1nc(C(=O)N2CCOc3cc(F)ccc32)cs1. The molecule has 3 rings (SSSR count). The summed E-state index contributed by atoms with van der Waals surface area (Å²) in [6.07, 6.45) is 0.656. The first-order valence-electron chi connectivity index (χ1n) is 6.57. The van der Waals surface area contributed by atoms with Gasteiger partial charge in [-0.25, -0.2) is 9.37 Å². The predicted molar refractivity (Wildman–Crippen MR) is 85.7 cm³/mol. The van der Waals surface area contributed by atoms with E-state index >= 15 is 0 Å². The summed E-state index contributed by atoms with van der Waals surface area (Å²) in [6.45, 7) is 1.25. The molecule has 5 nitrogen and oxygen atoms in total. The van der Waals surface area contributed by atoms with Gasteiger partial charge in [-0.15, -0.1) is 23.7 Å². The molecule has 0 saturated carbocycles. The minimum absolute atomic E-state index is 0. The smallest absolute Gasteiger partial charge is 0.277 e. The van der Waals surface area contributed by atoms with Gasteiger partial charge in [0.2, 0.25) is 0 Å². The van der Waals surface area contributed by atoms with Gasteiger partial charge in [-0.1, -0.05) is 0 Å². The van der Waals surface area contributed by atoms with Gasteiger partial charge in [-0.3, -0.25) is 4.79 Å². The first kappa shape index (κ1) is 16.7. The van der Waals surface area contributed by atoms with Gasteiger partial charge in [0.1, 0.15) is 23.9 Å². The van der Waals surface area contributed by atoms with Crippen LogP contribution in [0.2, 0.25) is 0 Å². The predicted octanol–water partition coefficient (Wildman–Crippen LogP) is 2.24. The molecule has 22 heavy (non-hydrogen) atoms. The number of aromatic nitrogens is 1. The Kier molecular flexibility index (Phi) is 5.33. The number of hydrogen-bond acceptors (Lipinski definition) is 5. The topological polar surface area (TPSA) is 68.5 Å². The molecule has 118 valence electrons. The van der Waals surface area contributed by atoms with Gasteiger partial charge in [0.25, 0.3) is 5.91 Å². The molecule has 1 amide bonds. The highest BCUT2D eigenvalue weighted by molar-refractivity contribution is 7.09. The lowest BCUT2D eigenvalue weighted by Gasteiger charge is -2.28. The summed E-state index contributed by atoms with van der Waals surface area (Å²) in [5.74, 6) is -0.209. The zero-order chi connectivity index (χ0) is 14.8. The van der Waals surface area contributed by atoms with Crippen molar-refractivity contribution >= 4 is 35.3 Å². The molecule has 0 radical (unpaired) electrons. The Labute approximate surface area is 137 Å². The molecule has 1 aromatic carbocycles. The van der Waals surface area contributed by atoms with Crippen LogP contribution >= 0.6 is 23.7 Å². The van der Waals surface area contributed by atoms with E-state index in [1.807, 2.05) is 0 Å². The highest BCUT2D eigenvalue weighted by Crippen LogP contribution is 2.33. The third-order valence-electron chi connectivity index (χ3n) is 3.16. The molecule has 1 aliphatic heterocycles. The third kappa shape index (κ3) is 3.21. The van der Waals surface area contributed by atoms with Gasteiger partial charge in [0, 0.05) is 17.9 Å². The van der Waals surface area contributed by atoms with Crippen LogP contribution in [0.3, 0.4) is 0 Å². The summed E-state index contributed by atoms with van der Waals surface area (Å²) in [7, 11) is 0. The van der Waals surface area contributed by atoms with Gasteiger partial charge in [-0.05, 0) is 18.7 Å². The molecule has 2 aromatic rings. The second-order valence-electron chi connectivity index (χ2n) is 4.58. The number of thiazole rings is 1. The zero-order valence-corrected chi connectivity index (χ0v) is 13.3. The minimum Gasteiger partial charge on any atom is -0.489 e. The van der Waals surface area contributed by atoms with E-state index < -0.39 is 0 Å². The molecular weight excluding hydrogens is 329 g/mol. The third-order valence-corrected chi connectivity index (χ3v) is 4.07. The zero-order valence-electron chi connectivity index (χ0n) is 11.6. The second kappa shape index (κ2) is 7.04. The summed E-state index contributed by atoms with van der Waals surface area (Å²) in [6, 6.07) is 4.15. The monoisotopic (exact) mass is 343 g/mol. The Morgan fingerprint density at radius 3 is 3.09 bits per heavy atom. The number of fused-ring (bicyclic) bond motifs is 1. The lowest BCUT2D eigenvalue weighted by Crippen LogP contribution is -2.38. The van der Waals surface area contributed by atoms with Crippen molar-refractivity contribution in [1.29, 1.82) is 0 Å². The number of anilines is 1. The van der Waals surface area contributed by atoms with Crippen molar-refractivity contribution in [2.24, 2.45) is 5.73 Å². The normalized spacial score (nSPS) is 13.1. The maximum atomic E-state index is 13.2. The van der Waals surface area contributed by atoms with Crippen LogP contribution in [-0.4, -0.2) is 30.6 Å². The van der Waals surface area contributed by atoms with Gasteiger partial charge < -0.3 is 15.4 Å². The van der Waals surface area contributed by atoms with E-state index in [0.717, 1.165) is 5.01 Å². The fourth-order valence-electron chi connectivity index (χ4n) is 2.19. The fourth-order valence-corrected chi connectivity index (χ4v) is 2.98. The second-order valence-corrected chi connectivity index (χ2v) is 5.53. The minimum atomic E-state index is -0.387. The van der Waals surface area contributed by atoms with Crippen LogP contribution in [-0.2, 0) is 6.42 Å². The Hall–Kier alpha value is -1.70. The molecule has 0 atom stereocenters. The average molecular weight is 344 g/mol. The first-order chi connectivity index (χ1) is 10.2. The lowest BCUT2D eigenvalue weighted by molar-refractivity contribution is 0.0972. The van der Waals surface area contributed by atoms with Crippen LogP contribution in [0, 0.1) is 5.82 Å². The molecular formula is C14H15ClFN3O2S. The summed E-state index contributed by atoms with van der Waals surface area (Å²) < 4.78 is 18.6. The van der Waals surface area contributed by atoms with Crippen molar-refractivity contribution in [3.8, 4) is 5.75 Å². The largest absolute Gasteiger partial charge is 0.489 e. The Bertz CT molecular complexity index is 680. The fraction of sp³-hybridized carbons (Fsp3) is 0.286. The van der Waals surface area contributed by atoms with Gasteiger partial charge >= 0.3 is 0 Å². The standard InChI is InChI=1S/C14H14FN3O2S.ClH/c15-9-1-2-11-12(7-9)20-6-5-18(11)14(19)10-8-21-13(17-10)3-4-16;/h1-2,7-8H,3-6,16H2;1H. The van der Waals surface area contributed by atoms with E-state index in [-0.39, 0.29) is 24.1 Å². The molecule has 0 saturated heterocycles. The Morgan fingerprint density at radius 1 is 1.50 bits per heavy atom. The van der Waals surface area contributed by atoms with E-state index in [9.17, 15) is 9.18 Å². The number of nitrogens with zero attached hydrogens (tertiary/aromatic N) is 2. The van der Waals surface area contributed by atoms with Gasteiger partial charge in [-0.2, -0.15) is 0 Å². The molecule has 8 heteroatoms. The number of amides is 1. The Morgan fingerprint density at radius 2 is 2.32 bits per heavy atom. The highest BCUT2D eigenvalue weighted by Gasteiger charge is 2.26. The number of carbonyl (C=O) groups is 1. The van der Waals surface area contributed by atoms with Crippen LogP contribution in [0.25, 0.3) is 0 Å². The number of nitrogens with two attached hydrogens (primary N) is 1. The number of benzene rings is 1. The van der Waals surface area contributed by atoms with Crippen molar-refractivity contribution < 1.29 is 13.9 Å². The van der Waals surface area contributed by atoms with E-state index in [4.69, 9.17) is 10.5 Å². The molecule has 0 bridgehead atoms. The number of rotatable bonds is 3. The molecule has 0 spiro atoms. The van der Waals surface area contributed by atoms with Gasteiger partial charge in [0.15, 0.2) is 0 Å².